The molecule has 0 bridgehead atoms. The molecule has 3 aromatic rings. The Balaban J connectivity index is 1.55. The monoisotopic (exact) mass is 408 g/mol. The van der Waals surface area contributed by atoms with Crippen LogP contribution in [-0.2, 0) is 10.5 Å². The Morgan fingerprint density at radius 2 is 1.62 bits per heavy atom. The summed E-state index contributed by atoms with van der Waals surface area (Å²) in [6.45, 7) is 6.03. The zero-order valence-electron chi connectivity index (χ0n) is 16.7. The summed E-state index contributed by atoms with van der Waals surface area (Å²) in [5, 5.41) is 6.04. The van der Waals surface area contributed by atoms with Crippen molar-refractivity contribution in [2.75, 3.05) is 22.1 Å². The van der Waals surface area contributed by atoms with Crippen molar-refractivity contribution in [1.29, 1.82) is 0 Å². The van der Waals surface area contributed by atoms with Crippen molar-refractivity contribution in [3.63, 3.8) is 0 Å². The van der Waals surface area contributed by atoms with Gasteiger partial charge in [-0.15, -0.1) is 11.8 Å². The second-order valence-electron chi connectivity index (χ2n) is 6.84. The molecule has 1 amide bonds. The molecule has 0 aliphatic rings. The Hall–Kier alpha value is -3.13. The molecule has 0 fully saturated rings. The van der Waals surface area contributed by atoms with Crippen molar-refractivity contribution in [2.45, 2.75) is 26.5 Å². The molecule has 0 saturated carbocycles. The molecule has 29 heavy (non-hydrogen) atoms. The lowest BCUT2D eigenvalue weighted by molar-refractivity contribution is -0.113. The van der Waals surface area contributed by atoms with Crippen LogP contribution < -0.4 is 16.4 Å². The number of nitrogen functional groups attached to an aromatic ring is 1. The van der Waals surface area contributed by atoms with E-state index in [4.69, 9.17) is 5.73 Å². The van der Waals surface area contributed by atoms with Gasteiger partial charge in [0.2, 0.25) is 17.8 Å². The summed E-state index contributed by atoms with van der Waals surface area (Å²) in [5.74, 6) is 1.73. The van der Waals surface area contributed by atoms with Gasteiger partial charge in [-0.1, -0.05) is 23.8 Å². The van der Waals surface area contributed by atoms with Gasteiger partial charge in [-0.25, -0.2) is 0 Å². The number of nitrogens with one attached hydrogen (secondary N) is 2. The molecule has 1 heterocycles. The van der Waals surface area contributed by atoms with Gasteiger partial charge in [-0.2, -0.15) is 15.0 Å². The van der Waals surface area contributed by atoms with E-state index in [9.17, 15) is 4.79 Å². The van der Waals surface area contributed by atoms with E-state index in [0.717, 1.165) is 22.5 Å². The number of nitrogens with two attached hydrogens (primary N) is 1. The fourth-order valence-corrected chi connectivity index (χ4v) is 3.47. The fraction of sp³-hybridized carbons (Fsp3) is 0.238. The molecule has 4 N–H and O–H groups in total. The van der Waals surface area contributed by atoms with Crippen molar-refractivity contribution in [3.8, 4) is 0 Å². The number of hydrogen-bond donors (Lipinski definition) is 3. The zero-order valence-corrected chi connectivity index (χ0v) is 17.5. The van der Waals surface area contributed by atoms with E-state index in [1.165, 1.54) is 17.3 Å². The largest absolute Gasteiger partial charge is 0.368 e. The number of carbonyl (C=O) groups is 1. The van der Waals surface area contributed by atoms with Gasteiger partial charge in [0.15, 0.2) is 0 Å². The Morgan fingerprint density at radius 1 is 0.931 bits per heavy atom. The van der Waals surface area contributed by atoms with Crippen LogP contribution in [0.25, 0.3) is 0 Å². The number of hydrogen-bond acceptors (Lipinski definition) is 7. The van der Waals surface area contributed by atoms with E-state index in [0.29, 0.717) is 23.3 Å². The normalized spacial score (nSPS) is 10.6. The predicted molar refractivity (Wildman–Crippen MR) is 119 cm³/mol. The van der Waals surface area contributed by atoms with Crippen LogP contribution in [0.1, 0.15) is 22.5 Å². The third-order valence-corrected chi connectivity index (χ3v) is 4.91. The van der Waals surface area contributed by atoms with E-state index >= 15 is 0 Å². The van der Waals surface area contributed by atoms with E-state index in [-0.39, 0.29) is 11.9 Å². The highest BCUT2D eigenvalue weighted by Crippen LogP contribution is 2.17. The molecule has 2 aromatic carbocycles. The van der Waals surface area contributed by atoms with Crippen LogP contribution in [0.2, 0.25) is 0 Å². The topological polar surface area (TPSA) is 106 Å². The zero-order chi connectivity index (χ0) is 20.8. The minimum atomic E-state index is -0.0694. The molecule has 8 heteroatoms. The van der Waals surface area contributed by atoms with Crippen molar-refractivity contribution < 1.29 is 4.79 Å². The van der Waals surface area contributed by atoms with Crippen LogP contribution in [0.3, 0.4) is 0 Å². The minimum Gasteiger partial charge on any atom is -0.368 e. The molecule has 0 saturated heterocycles. The lowest BCUT2D eigenvalue weighted by Gasteiger charge is -2.09. The summed E-state index contributed by atoms with van der Waals surface area (Å²) < 4.78 is 0. The first-order chi connectivity index (χ1) is 13.9. The third-order valence-electron chi connectivity index (χ3n) is 3.98. The lowest BCUT2D eigenvalue weighted by atomic mass is 10.1. The highest BCUT2D eigenvalue weighted by atomic mass is 32.2. The molecule has 1 aromatic heterocycles. The van der Waals surface area contributed by atoms with Gasteiger partial charge in [0.25, 0.3) is 0 Å². The van der Waals surface area contributed by atoms with Crippen LogP contribution in [0.15, 0.2) is 42.5 Å². The second-order valence-corrected chi connectivity index (χ2v) is 7.83. The first kappa shape index (κ1) is 20.6. The molecule has 0 radical (unpaired) electrons. The quantitative estimate of drug-likeness (QED) is 0.543. The van der Waals surface area contributed by atoms with Crippen molar-refractivity contribution >= 4 is 40.9 Å². The highest BCUT2D eigenvalue weighted by molar-refractivity contribution is 7.99. The maximum absolute atomic E-state index is 12.2. The maximum atomic E-state index is 12.2. The average Bonchev–Trinajstić information content (AvgIpc) is 2.62. The Kier molecular flexibility index (Phi) is 6.66. The molecule has 0 atom stereocenters. The van der Waals surface area contributed by atoms with E-state index < -0.39 is 0 Å². The smallest absolute Gasteiger partial charge is 0.234 e. The van der Waals surface area contributed by atoms with Crippen molar-refractivity contribution in [2.24, 2.45) is 0 Å². The molecule has 0 aliphatic heterocycles. The highest BCUT2D eigenvalue weighted by Gasteiger charge is 2.08. The van der Waals surface area contributed by atoms with Crippen LogP contribution in [0.5, 0.6) is 0 Å². The second kappa shape index (κ2) is 9.38. The van der Waals surface area contributed by atoms with Crippen LogP contribution in [0, 0.1) is 20.8 Å². The molecule has 7 nitrogen and oxygen atoms in total. The standard InChI is InChI=1S/C21H24N6OS/c1-13-4-6-16(7-5-13)24-21-26-18(25-20(22)27-21)11-29-12-19(28)23-17-9-14(2)8-15(3)10-17/h4-10H,11-12H2,1-3H3,(H,23,28)(H3,22,24,25,26,27). The van der Waals surface area contributed by atoms with E-state index in [2.05, 4.69) is 31.7 Å². The van der Waals surface area contributed by atoms with Crippen LogP contribution in [0.4, 0.5) is 23.3 Å². The number of aromatic nitrogens is 3. The molecule has 0 unspecified atom stereocenters. The molecule has 150 valence electrons. The van der Waals surface area contributed by atoms with E-state index in [1.54, 1.807) is 0 Å². The number of aryl methyl sites for hydroxylation is 3. The predicted octanol–water partition coefficient (Wildman–Crippen LogP) is 3.99. The Labute approximate surface area is 174 Å². The first-order valence-electron chi connectivity index (χ1n) is 9.17. The van der Waals surface area contributed by atoms with Gasteiger partial charge < -0.3 is 16.4 Å². The number of thioether (sulfide) groups is 1. The molecule has 0 aliphatic carbocycles. The summed E-state index contributed by atoms with van der Waals surface area (Å²) in [6, 6.07) is 13.9. The number of amides is 1. The Bertz CT molecular complexity index is 986. The summed E-state index contributed by atoms with van der Waals surface area (Å²) in [5.41, 5.74) is 10.9. The molecule has 3 rings (SSSR count). The van der Waals surface area contributed by atoms with Crippen LogP contribution in [-0.4, -0.2) is 26.6 Å². The van der Waals surface area contributed by atoms with Gasteiger partial charge in [0.05, 0.1) is 11.5 Å². The summed E-state index contributed by atoms with van der Waals surface area (Å²) >= 11 is 1.42. The third kappa shape index (κ3) is 6.46. The van der Waals surface area contributed by atoms with Crippen molar-refractivity contribution in [3.05, 3.63) is 65.0 Å². The van der Waals surface area contributed by atoms with Gasteiger partial charge >= 0.3 is 0 Å². The van der Waals surface area contributed by atoms with Gasteiger partial charge in [-0.3, -0.25) is 4.79 Å². The average molecular weight is 409 g/mol. The number of benzene rings is 2. The van der Waals surface area contributed by atoms with Crippen molar-refractivity contribution in [1.82, 2.24) is 15.0 Å². The minimum absolute atomic E-state index is 0.0694. The number of rotatable bonds is 7. The first-order valence-corrected chi connectivity index (χ1v) is 10.3. The molecular weight excluding hydrogens is 384 g/mol. The van der Waals surface area contributed by atoms with Gasteiger partial charge in [0, 0.05) is 11.4 Å². The SMILES string of the molecule is Cc1ccc(Nc2nc(N)nc(CSCC(=O)Nc3cc(C)cc(C)c3)n2)cc1. The van der Waals surface area contributed by atoms with Crippen LogP contribution >= 0.6 is 11.8 Å². The number of nitrogens with zero attached hydrogens (tertiary/aromatic N) is 3. The molecular formula is C21H24N6OS. The number of carbonyl (C=O) groups excluding carboxylic acids is 1. The summed E-state index contributed by atoms with van der Waals surface area (Å²) in [7, 11) is 0. The molecule has 0 spiro atoms. The fourth-order valence-electron chi connectivity index (χ4n) is 2.80. The maximum Gasteiger partial charge on any atom is 0.234 e. The van der Waals surface area contributed by atoms with E-state index in [1.807, 2.05) is 57.2 Å². The Morgan fingerprint density at radius 3 is 2.31 bits per heavy atom. The summed E-state index contributed by atoms with van der Waals surface area (Å²) in [6.07, 6.45) is 0. The lowest BCUT2D eigenvalue weighted by Crippen LogP contribution is -2.14. The van der Waals surface area contributed by atoms with Gasteiger partial charge in [-0.05, 0) is 56.2 Å². The van der Waals surface area contributed by atoms with Gasteiger partial charge in [0.1, 0.15) is 5.82 Å². The summed E-state index contributed by atoms with van der Waals surface area (Å²) in [4.78, 5) is 24.9. The number of anilines is 4.